The minimum Gasteiger partial charge on any atom is -0.451 e. The molecule has 3 aromatic rings. The summed E-state index contributed by atoms with van der Waals surface area (Å²) in [5.41, 5.74) is 1.81. The van der Waals surface area contributed by atoms with Crippen molar-refractivity contribution >= 4 is 28.5 Å². The molecule has 1 amide bonds. The zero-order valence-corrected chi connectivity index (χ0v) is 15.6. The van der Waals surface area contributed by atoms with Crippen molar-refractivity contribution in [2.24, 2.45) is 0 Å². The number of rotatable bonds is 5. The van der Waals surface area contributed by atoms with E-state index in [0.29, 0.717) is 5.39 Å². The van der Waals surface area contributed by atoms with Gasteiger partial charge in [0.2, 0.25) is 0 Å². The molecule has 0 atom stereocenters. The molecule has 6 nitrogen and oxygen atoms in total. The molecule has 1 aromatic heterocycles. The van der Waals surface area contributed by atoms with Gasteiger partial charge in [0.15, 0.2) is 12.3 Å². The highest BCUT2D eigenvalue weighted by atomic mass is 16.5. The maximum Gasteiger partial charge on any atom is 0.359 e. The lowest BCUT2D eigenvalue weighted by molar-refractivity contribution is -0.122. The molecular formula is C22H23N3O3. The fourth-order valence-electron chi connectivity index (χ4n) is 3.87. The third kappa shape index (κ3) is 3.76. The summed E-state index contributed by atoms with van der Waals surface area (Å²) in [5.74, 6) is -0.797. The minimum atomic E-state index is -0.595. The molecule has 1 aliphatic rings. The fraction of sp³-hybridized carbons (Fsp3) is 0.318. The molecule has 1 aliphatic carbocycles. The highest BCUT2D eigenvalue weighted by molar-refractivity contribution is 6.03. The van der Waals surface area contributed by atoms with Gasteiger partial charge < -0.3 is 9.64 Å². The van der Waals surface area contributed by atoms with Crippen LogP contribution < -0.4 is 4.90 Å². The first kappa shape index (κ1) is 18.2. The van der Waals surface area contributed by atoms with E-state index in [1.807, 2.05) is 48.5 Å². The minimum absolute atomic E-state index is 0.147. The summed E-state index contributed by atoms with van der Waals surface area (Å²) in [6.07, 6.45) is 5.37. The van der Waals surface area contributed by atoms with Gasteiger partial charge in [0.1, 0.15) is 0 Å². The van der Waals surface area contributed by atoms with E-state index in [-0.39, 0.29) is 24.2 Å². The van der Waals surface area contributed by atoms with Crippen molar-refractivity contribution in [2.75, 3.05) is 11.5 Å². The first-order chi connectivity index (χ1) is 13.7. The molecule has 1 heterocycles. The van der Waals surface area contributed by atoms with Gasteiger partial charge in [-0.1, -0.05) is 55.7 Å². The van der Waals surface area contributed by atoms with Crippen molar-refractivity contribution < 1.29 is 14.3 Å². The number of ether oxygens (including phenoxy) is 1. The Morgan fingerprint density at radius 3 is 2.50 bits per heavy atom. The highest BCUT2D eigenvalue weighted by Crippen LogP contribution is 2.27. The van der Waals surface area contributed by atoms with Crippen LogP contribution in [0.2, 0.25) is 0 Å². The van der Waals surface area contributed by atoms with Crippen LogP contribution >= 0.6 is 0 Å². The van der Waals surface area contributed by atoms with E-state index in [1.165, 1.54) is 6.42 Å². The van der Waals surface area contributed by atoms with Crippen molar-refractivity contribution in [1.29, 1.82) is 0 Å². The molecule has 1 fully saturated rings. The van der Waals surface area contributed by atoms with E-state index in [9.17, 15) is 9.59 Å². The average Bonchev–Trinajstić information content (AvgIpc) is 3.18. The van der Waals surface area contributed by atoms with Gasteiger partial charge in [-0.3, -0.25) is 9.89 Å². The van der Waals surface area contributed by atoms with Crippen LogP contribution in [0.5, 0.6) is 0 Å². The van der Waals surface area contributed by atoms with E-state index in [2.05, 4.69) is 10.2 Å². The number of H-pyrrole nitrogens is 1. The lowest BCUT2D eigenvalue weighted by Crippen LogP contribution is -2.43. The largest absolute Gasteiger partial charge is 0.451 e. The van der Waals surface area contributed by atoms with E-state index >= 15 is 0 Å². The predicted octanol–water partition coefficient (Wildman–Crippen LogP) is 4.09. The number of benzene rings is 2. The SMILES string of the molecule is O=C(OCC(=O)N(c1ccccc1)C1CCCCC1)c1n[nH]c2ccccc12. The van der Waals surface area contributed by atoms with Crippen LogP contribution in [0.15, 0.2) is 54.6 Å². The Morgan fingerprint density at radius 2 is 1.71 bits per heavy atom. The maximum atomic E-state index is 13.0. The first-order valence-electron chi connectivity index (χ1n) is 9.71. The molecule has 1 N–H and O–H groups in total. The van der Waals surface area contributed by atoms with Crippen molar-refractivity contribution in [3.05, 3.63) is 60.3 Å². The zero-order chi connectivity index (χ0) is 19.3. The lowest BCUT2D eigenvalue weighted by atomic mass is 9.93. The van der Waals surface area contributed by atoms with Gasteiger partial charge in [0.25, 0.3) is 5.91 Å². The molecule has 0 saturated heterocycles. The number of esters is 1. The highest BCUT2D eigenvalue weighted by Gasteiger charge is 2.28. The number of nitrogens with zero attached hydrogens (tertiary/aromatic N) is 2. The topological polar surface area (TPSA) is 75.3 Å². The van der Waals surface area contributed by atoms with Crippen LogP contribution in [0, 0.1) is 0 Å². The lowest BCUT2D eigenvalue weighted by Gasteiger charge is -2.34. The summed E-state index contributed by atoms with van der Waals surface area (Å²) in [4.78, 5) is 27.3. The number of aromatic amines is 1. The van der Waals surface area contributed by atoms with Crippen LogP contribution in [0.3, 0.4) is 0 Å². The predicted molar refractivity (Wildman–Crippen MR) is 107 cm³/mol. The van der Waals surface area contributed by atoms with Crippen molar-refractivity contribution in [3.63, 3.8) is 0 Å². The Kier molecular flexibility index (Phi) is 5.37. The molecule has 0 radical (unpaired) electrons. The van der Waals surface area contributed by atoms with Crippen LogP contribution in [0.4, 0.5) is 5.69 Å². The number of nitrogens with one attached hydrogen (secondary N) is 1. The molecular weight excluding hydrogens is 354 g/mol. The van der Waals surface area contributed by atoms with Gasteiger partial charge in [-0.05, 0) is 31.0 Å². The summed E-state index contributed by atoms with van der Waals surface area (Å²) < 4.78 is 5.34. The third-order valence-corrected chi connectivity index (χ3v) is 5.23. The number of hydrogen-bond acceptors (Lipinski definition) is 4. The Bertz CT molecular complexity index is 961. The molecule has 0 unspecified atom stereocenters. The second-order valence-corrected chi connectivity index (χ2v) is 7.09. The number of fused-ring (bicyclic) bond motifs is 1. The summed E-state index contributed by atoms with van der Waals surface area (Å²) in [7, 11) is 0. The number of hydrogen-bond donors (Lipinski definition) is 1. The number of anilines is 1. The van der Waals surface area contributed by atoms with Crippen molar-refractivity contribution in [3.8, 4) is 0 Å². The molecule has 0 aliphatic heterocycles. The number of para-hydroxylation sites is 2. The van der Waals surface area contributed by atoms with Gasteiger partial charge in [-0.25, -0.2) is 4.79 Å². The van der Waals surface area contributed by atoms with Crippen LogP contribution in [-0.2, 0) is 9.53 Å². The quantitative estimate of drug-likeness (QED) is 0.680. The van der Waals surface area contributed by atoms with E-state index in [1.54, 1.807) is 11.0 Å². The average molecular weight is 377 g/mol. The molecule has 6 heteroatoms. The second-order valence-electron chi connectivity index (χ2n) is 7.09. The molecule has 28 heavy (non-hydrogen) atoms. The smallest absolute Gasteiger partial charge is 0.359 e. The number of amides is 1. The Balaban J connectivity index is 1.49. The van der Waals surface area contributed by atoms with Crippen molar-refractivity contribution in [1.82, 2.24) is 10.2 Å². The van der Waals surface area contributed by atoms with Gasteiger partial charge in [0.05, 0.1) is 5.52 Å². The second kappa shape index (κ2) is 8.25. The van der Waals surface area contributed by atoms with Gasteiger partial charge >= 0.3 is 5.97 Å². The number of carbonyl (C=O) groups is 2. The monoisotopic (exact) mass is 377 g/mol. The zero-order valence-electron chi connectivity index (χ0n) is 15.6. The Morgan fingerprint density at radius 1 is 1.00 bits per heavy atom. The first-order valence-corrected chi connectivity index (χ1v) is 9.71. The van der Waals surface area contributed by atoms with Gasteiger partial charge in [-0.2, -0.15) is 5.10 Å². The Labute approximate surface area is 163 Å². The van der Waals surface area contributed by atoms with E-state index in [4.69, 9.17) is 4.74 Å². The third-order valence-electron chi connectivity index (χ3n) is 5.23. The molecule has 1 saturated carbocycles. The molecule has 144 valence electrons. The van der Waals surface area contributed by atoms with Gasteiger partial charge in [-0.15, -0.1) is 0 Å². The van der Waals surface area contributed by atoms with Crippen LogP contribution in [-0.4, -0.2) is 34.7 Å². The summed E-state index contributed by atoms with van der Waals surface area (Å²) in [6.45, 7) is -0.300. The van der Waals surface area contributed by atoms with Crippen LogP contribution in [0.25, 0.3) is 10.9 Å². The molecule has 0 spiro atoms. The van der Waals surface area contributed by atoms with E-state index in [0.717, 1.165) is 36.9 Å². The summed E-state index contributed by atoms with van der Waals surface area (Å²) in [6, 6.07) is 17.1. The normalized spacial score (nSPS) is 14.7. The summed E-state index contributed by atoms with van der Waals surface area (Å²) in [5, 5.41) is 7.54. The standard InChI is InChI=1S/C22H23N3O3/c26-20(15-28-22(27)21-18-13-7-8-14-19(18)23-24-21)25(16-9-3-1-4-10-16)17-11-5-2-6-12-17/h1,3-4,7-10,13-14,17H,2,5-6,11-12,15H2,(H,23,24). The number of carbonyl (C=O) groups excluding carboxylic acids is 2. The van der Waals surface area contributed by atoms with E-state index < -0.39 is 5.97 Å². The maximum absolute atomic E-state index is 13.0. The van der Waals surface area contributed by atoms with Crippen molar-refractivity contribution in [2.45, 2.75) is 38.1 Å². The van der Waals surface area contributed by atoms with Gasteiger partial charge in [0, 0.05) is 17.1 Å². The summed E-state index contributed by atoms with van der Waals surface area (Å²) >= 11 is 0. The van der Waals surface area contributed by atoms with Crippen LogP contribution in [0.1, 0.15) is 42.6 Å². The molecule has 0 bridgehead atoms. The molecule has 4 rings (SSSR count). The number of aromatic nitrogens is 2. The Hall–Kier alpha value is -3.15. The molecule has 2 aromatic carbocycles. The fourth-order valence-corrected chi connectivity index (χ4v) is 3.87.